The van der Waals surface area contributed by atoms with E-state index in [-0.39, 0.29) is 17.7 Å². The first-order valence-electron chi connectivity index (χ1n) is 9.91. The molecule has 0 radical (unpaired) electrons. The van der Waals surface area contributed by atoms with E-state index in [2.05, 4.69) is 33.5 Å². The highest BCUT2D eigenvalue weighted by Gasteiger charge is 2.32. The lowest BCUT2D eigenvalue weighted by atomic mass is 9.82. The number of carbonyl (C=O) groups excluding carboxylic acids is 1. The van der Waals surface area contributed by atoms with Crippen molar-refractivity contribution >= 4 is 38.8 Å². The minimum Gasteiger partial charge on any atom is -0.349 e. The monoisotopic (exact) mass is 432 g/mol. The fourth-order valence-electron chi connectivity index (χ4n) is 3.77. The van der Waals surface area contributed by atoms with Gasteiger partial charge in [0.25, 0.3) is 0 Å². The maximum Gasteiger partial charge on any atom is 0.224 e. The van der Waals surface area contributed by atoms with Crippen LogP contribution in [0, 0.1) is 5.92 Å². The second kappa shape index (κ2) is 8.45. The summed E-state index contributed by atoms with van der Waals surface area (Å²) < 4.78 is 1.17. The first-order valence-corrected chi connectivity index (χ1v) is 11.6. The van der Waals surface area contributed by atoms with Crippen LogP contribution in [0.2, 0.25) is 0 Å². The second-order valence-corrected chi connectivity index (χ2v) is 9.26. The van der Waals surface area contributed by atoms with E-state index in [1.54, 1.807) is 35.1 Å². The largest absolute Gasteiger partial charge is 0.349 e. The molecule has 0 spiro atoms. The molecule has 7 heteroatoms. The van der Waals surface area contributed by atoms with Gasteiger partial charge in [-0.25, -0.2) is 9.97 Å². The minimum absolute atomic E-state index is 0.0734. The maximum atomic E-state index is 13.0. The number of thiazole rings is 2. The lowest BCUT2D eigenvalue weighted by molar-refractivity contribution is -0.125. The first-order chi connectivity index (χ1) is 14.8. The molecule has 4 aromatic rings. The Bertz CT molecular complexity index is 1170. The topological polar surface area (TPSA) is 67.8 Å². The van der Waals surface area contributed by atoms with E-state index >= 15 is 0 Å². The number of carbonyl (C=O) groups is 1. The fraction of sp³-hybridized carbons (Fsp3) is 0.217. The van der Waals surface area contributed by atoms with E-state index in [9.17, 15) is 4.79 Å². The zero-order valence-electron chi connectivity index (χ0n) is 16.2. The third-order valence-corrected chi connectivity index (χ3v) is 7.36. The van der Waals surface area contributed by atoms with E-state index in [0.29, 0.717) is 6.54 Å². The normalized spacial score (nSPS) is 18.5. The third-order valence-electron chi connectivity index (χ3n) is 5.34. The number of fused-ring (bicyclic) bond motifs is 1. The van der Waals surface area contributed by atoms with Crippen molar-refractivity contribution < 1.29 is 4.79 Å². The van der Waals surface area contributed by atoms with Gasteiger partial charge in [-0.05, 0) is 37.1 Å². The Hall–Kier alpha value is -2.90. The second-order valence-electron chi connectivity index (χ2n) is 7.26. The molecule has 5 nitrogen and oxygen atoms in total. The fourth-order valence-corrected chi connectivity index (χ4v) is 5.66. The zero-order valence-corrected chi connectivity index (χ0v) is 17.8. The Labute approximate surface area is 182 Å². The molecule has 150 valence electrons. The van der Waals surface area contributed by atoms with Gasteiger partial charge in [0.15, 0.2) is 0 Å². The molecule has 0 saturated heterocycles. The summed E-state index contributed by atoms with van der Waals surface area (Å²) in [6, 6.07) is 12.0. The summed E-state index contributed by atoms with van der Waals surface area (Å²) in [5.41, 5.74) is 2.96. The number of nitrogens with one attached hydrogen (secondary N) is 1. The number of pyridine rings is 1. The van der Waals surface area contributed by atoms with Gasteiger partial charge in [0.1, 0.15) is 5.01 Å². The zero-order chi connectivity index (χ0) is 20.3. The van der Waals surface area contributed by atoms with Crippen LogP contribution in [-0.2, 0) is 11.3 Å². The lowest BCUT2D eigenvalue weighted by Gasteiger charge is -2.25. The maximum absolute atomic E-state index is 13.0. The molecule has 0 saturated carbocycles. The summed E-state index contributed by atoms with van der Waals surface area (Å²) in [4.78, 5) is 26.6. The highest BCUT2D eigenvalue weighted by atomic mass is 32.1. The van der Waals surface area contributed by atoms with Crippen LogP contribution in [-0.4, -0.2) is 20.9 Å². The van der Waals surface area contributed by atoms with Crippen LogP contribution < -0.4 is 5.32 Å². The van der Waals surface area contributed by atoms with Gasteiger partial charge >= 0.3 is 0 Å². The van der Waals surface area contributed by atoms with Crippen molar-refractivity contribution in [1.82, 2.24) is 20.3 Å². The van der Waals surface area contributed by atoms with Crippen molar-refractivity contribution in [3.05, 3.63) is 76.3 Å². The molecule has 3 aromatic heterocycles. The van der Waals surface area contributed by atoms with Gasteiger partial charge < -0.3 is 5.32 Å². The van der Waals surface area contributed by atoms with Crippen LogP contribution in [0.3, 0.4) is 0 Å². The summed E-state index contributed by atoms with van der Waals surface area (Å²) in [5.74, 6) is 0.0931. The minimum atomic E-state index is -0.102. The number of benzene rings is 1. The van der Waals surface area contributed by atoms with Gasteiger partial charge in [-0.1, -0.05) is 24.3 Å². The number of allylic oxidation sites excluding steroid dienone is 2. The van der Waals surface area contributed by atoms with Crippen LogP contribution in [0.25, 0.3) is 21.5 Å². The van der Waals surface area contributed by atoms with E-state index < -0.39 is 0 Å². The van der Waals surface area contributed by atoms with Crippen LogP contribution in [0.15, 0.2) is 66.3 Å². The average molecular weight is 433 g/mol. The van der Waals surface area contributed by atoms with Crippen molar-refractivity contribution in [2.24, 2.45) is 5.92 Å². The molecule has 2 atom stereocenters. The van der Waals surface area contributed by atoms with E-state index in [4.69, 9.17) is 4.98 Å². The Morgan fingerprint density at radius 1 is 1.07 bits per heavy atom. The Morgan fingerprint density at radius 2 is 1.90 bits per heavy atom. The summed E-state index contributed by atoms with van der Waals surface area (Å²) in [7, 11) is 0. The molecule has 2 unspecified atom stereocenters. The number of amides is 1. The van der Waals surface area contributed by atoms with Gasteiger partial charge in [0, 0.05) is 29.3 Å². The number of nitrogens with zero attached hydrogens (tertiary/aromatic N) is 3. The molecule has 0 aliphatic heterocycles. The molecule has 1 N–H and O–H groups in total. The van der Waals surface area contributed by atoms with Crippen molar-refractivity contribution in [2.45, 2.75) is 25.3 Å². The van der Waals surface area contributed by atoms with Crippen LogP contribution in [0.4, 0.5) is 0 Å². The molecule has 5 rings (SSSR count). The summed E-state index contributed by atoms with van der Waals surface area (Å²) >= 11 is 3.26. The third kappa shape index (κ3) is 3.91. The van der Waals surface area contributed by atoms with E-state index in [1.165, 1.54) is 4.70 Å². The molecule has 1 aliphatic carbocycles. The summed E-state index contributed by atoms with van der Waals surface area (Å²) in [6.45, 7) is 0.446. The van der Waals surface area contributed by atoms with E-state index in [1.807, 2.05) is 35.7 Å². The molecule has 0 fully saturated rings. The van der Waals surface area contributed by atoms with Crippen LogP contribution in [0.5, 0.6) is 0 Å². The highest BCUT2D eigenvalue weighted by molar-refractivity contribution is 7.18. The van der Waals surface area contributed by atoms with Crippen molar-refractivity contribution in [3.63, 3.8) is 0 Å². The van der Waals surface area contributed by atoms with Gasteiger partial charge in [-0.3, -0.25) is 9.78 Å². The van der Waals surface area contributed by atoms with Gasteiger partial charge in [-0.2, -0.15) is 0 Å². The molecule has 1 aromatic carbocycles. The van der Waals surface area contributed by atoms with Gasteiger partial charge in [0.2, 0.25) is 5.91 Å². The predicted octanol–water partition coefficient (Wildman–Crippen LogP) is 5.18. The molecule has 1 amide bonds. The van der Waals surface area contributed by atoms with Crippen LogP contribution >= 0.6 is 22.7 Å². The summed E-state index contributed by atoms with van der Waals surface area (Å²) in [6.07, 6.45) is 9.39. The van der Waals surface area contributed by atoms with E-state index in [0.717, 1.165) is 39.6 Å². The average Bonchev–Trinajstić information content (AvgIpc) is 3.45. The van der Waals surface area contributed by atoms with Crippen molar-refractivity contribution in [3.8, 4) is 11.3 Å². The molecular weight excluding hydrogens is 412 g/mol. The quantitative estimate of drug-likeness (QED) is 0.441. The smallest absolute Gasteiger partial charge is 0.224 e. The number of hydrogen-bond acceptors (Lipinski definition) is 6. The summed E-state index contributed by atoms with van der Waals surface area (Å²) in [5, 5.41) is 7.08. The Morgan fingerprint density at radius 3 is 2.77 bits per heavy atom. The molecule has 3 heterocycles. The number of hydrogen-bond donors (Lipinski definition) is 1. The lowest BCUT2D eigenvalue weighted by Crippen LogP contribution is -2.34. The highest BCUT2D eigenvalue weighted by Crippen LogP contribution is 2.38. The predicted molar refractivity (Wildman–Crippen MR) is 121 cm³/mol. The number of rotatable bonds is 5. The van der Waals surface area contributed by atoms with Crippen molar-refractivity contribution in [2.75, 3.05) is 0 Å². The van der Waals surface area contributed by atoms with Gasteiger partial charge in [0.05, 0.1) is 33.4 Å². The molecule has 0 bridgehead atoms. The molecule has 30 heavy (non-hydrogen) atoms. The van der Waals surface area contributed by atoms with Crippen molar-refractivity contribution in [1.29, 1.82) is 0 Å². The molecular formula is C23H20N4OS2. The van der Waals surface area contributed by atoms with Crippen LogP contribution in [0.1, 0.15) is 28.8 Å². The standard InChI is InChI=1S/C23H20N4OS2/c28-22(25-13-21-26-19(14-29-21)15-9-11-24-12-10-15)16-5-1-2-6-17(16)23-27-18-7-3-4-8-20(18)30-23/h1-4,7-12,14,16-17H,5-6,13H2,(H,25,28). The Kier molecular flexibility index (Phi) is 5.38. The number of para-hydroxylation sites is 1. The Balaban J connectivity index is 1.29. The SMILES string of the molecule is O=C(NCc1nc(-c2ccncc2)cs1)C1CC=CCC1c1nc2ccccc2s1. The molecule has 1 aliphatic rings. The van der Waals surface area contributed by atoms with Gasteiger partial charge in [-0.15, -0.1) is 22.7 Å². The first kappa shape index (κ1) is 19.1. The number of aromatic nitrogens is 3.